The summed E-state index contributed by atoms with van der Waals surface area (Å²) in [6.45, 7) is 15.8. The van der Waals surface area contributed by atoms with Crippen LogP contribution in [0.5, 0.6) is 0 Å². The van der Waals surface area contributed by atoms with Gasteiger partial charge in [-0.1, -0.05) is 0 Å². The van der Waals surface area contributed by atoms with E-state index in [1.165, 1.54) is 0 Å². The van der Waals surface area contributed by atoms with Crippen LogP contribution in [0.25, 0.3) is 0 Å². The third kappa shape index (κ3) is 8.63. The monoisotopic (exact) mass is 325 g/mol. The van der Waals surface area contributed by atoms with Gasteiger partial charge in [-0.3, -0.25) is 0 Å². The van der Waals surface area contributed by atoms with Crippen LogP contribution in [0.2, 0.25) is 0 Å². The fourth-order valence-electron chi connectivity index (χ4n) is 1.53. The molecule has 0 spiro atoms. The molecule has 0 heterocycles. The van der Waals surface area contributed by atoms with Gasteiger partial charge in [0.25, 0.3) is 0 Å². The number of hydrogen-bond donors (Lipinski definition) is 0. The second-order valence-electron chi connectivity index (χ2n) is 5.32. The van der Waals surface area contributed by atoms with Crippen LogP contribution in [0.15, 0.2) is 0 Å². The third-order valence-electron chi connectivity index (χ3n) is 1.76. The van der Waals surface area contributed by atoms with Gasteiger partial charge in [-0.15, -0.1) is 0 Å². The Labute approximate surface area is 115 Å². The topological polar surface area (TPSA) is 36.9 Å². The fourth-order valence-corrected chi connectivity index (χ4v) is 9.03. The zero-order chi connectivity index (χ0) is 13.6. The van der Waals surface area contributed by atoms with Gasteiger partial charge in [0, 0.05) is 0 Å². The van der Waals surface area contributed by atoms with Crippen molar-refractivity contribution in [1.82, 2.24) is 0 Å². The summed E-state index contributed by atoms with van der Waals surface area (Å²) in [5.41, 5.74) is 0. The molecule has 0 unspecified atom stereocenters. The summed E-state index contributed by atoms with van der Waals surface area (Å²) >= 11 is -4.00. The van der Waals surface area contributed by atoms with E-state index in [0.717, 1.165) is 0 Å². The van der Waals surface area contributed by atoms with Crippen LogP contribution in [0.1, 0.15) is 55.4 Å². The molecule has 0 rings (SSSR count). The molecule has 0 saturated carbocycles. The molecule has 0 aromatic heterocycles. The Morgan fingerprint density at radius 2 is 0.647 bits per heavy atom. The van der Waals surface area contributed by atoms with Gasteiger partial charge in [0.1, 0.15) is 0 Å². The van der Waals surface area contributed by atoms with E-state index in [4.69, 9.17) is 8.21 Å². The average Bonchev–Trinajstić information content (AvgIpc) is 1.95. The standard InChI is InChI=1S/4C3H7O.Y/c4*1-3(2)4;/h4*3H,1-2H3;/q4*-1;+4. The van der Waals surface area contributed by atoms with Gasteiger partial charge in [0.2, 0.25) is 0 Å². The van der Waals surface area contributed by atoms with Crippen molar-refractivity contribution in [1.29, 1.82) is 0 Å². The molecule has 0 aromatic carbocycles. The summed E-state index contributed by atoms with van der Waals surface area (Å²) < 4.78 is 23.7. The van der Waals surface area contributed by atoms with Crippen molar-refractivity contribution in [3.05, 3.63) is 0 Å². The van der Waals surface area contributed by atoms with Crippen molar-refractivity contribution in [2.75, 3.05) is 0 Å². The van der Waals surface area contributed by atoms with Gasteiger partial charge in [0.05, 0.1) is 0 Å². The normalized spacial score (nSPS) is 13.4. The van der Waals surface area contributed by atoms with E-state index in [2.05, 4.69) is 0 Å². The summed E-state index contributed by atoms with van der Waals surface area (Å²) in [7, 11) is 0. The van der Waals surface area contributed by atoms with Crippen LogP contribution >= 0.6 is 0 Å². The molecule has 0 aliphatic heterocycles. The van der Waals surface area contributed by atoms with Gasteiger partial charge in [-0.2, -0.15) is 0 Å². The second-order valence-corrected chi connectivity index (χ2v) is 10.8. The summed E-state index contributed by atoms with van der Waals surface area (Å²) in [5, 5.41) is 0. The molecule has 0 radical (unpaired) electrons. The molecule has 0 saturated heterocycles. The minimum atomic E-state index is -4.00. The van der Waals surface area contributed by atoms with Crippen LogP contribution in [-0.4, -0.2) is 24.4 Å². The van der Waals surface area contributed by atoms with Crippen LogP contribution < -0.4 is 0 Å². The maximum absolute atomic E-state index is 5.92. The predicted molar refractivity (Wildman–Crippen MR) is 64.9 cm³/mol. The zero-order valence-corrected chi connectivity index (χ0v) is 15.4. The molecular formula is C12H28O4Y. The molecule has 5 heteroatoms. The summed E-state index contributed by atoms with van der Waals surface area (Å²) in [5.74, 6) is 0. The van der Waals surface area contributed by atoms with Crippen LogP contribution in [0, 0.1) is 0 Å². The van der Waals surface area contributed by atoms with E-state index in [1.54, 1.807) is 0 Å². The van der Waals surface area contributed by atoms with Crippen LogP contribution in [0.4, 0.5) is 0 Å². The van der Waals surface area contributed by atoms with Crippen LogP contribution in [-0.2, 0) is 35.9 Å². The molecular weight excluding hydrogens is 297 g/mol. The van der Waals surface area contributed by atoms with Gasteiger partial charge in [0.15, 0.2) is 0 Å². The SMILES string of the molecule is CC(C)[O][Y]([O]C(C)C)([O]C(C)C)[O]C(C)C. The van der Waals surface area contributed by atoms with Crippen molar-refractivity contribution in [3.8, 4) is 0 Å². The first-order valence-electron chi connectivity index (χ1n) is 6.50. The maximum atomic E-state index is 5.92. The fraction of sp³-hybridized carbons (Fsp3) is 1.00. The second kappa shape index (κ2) is 8.18. The van der Waals surface area contributed by atoms with E-state index < -0.39 is 27.7 Å². The Morgan fingerprint density at radius 1 is 0.471 bits per heavy atom. The molecule has 0 aromatic rings. The Morgan fingerprint density at radius 3 is 0.765 bits per heavy atom. The van der Waals surface area contributed by atoms with Gasteiger partial charge in [-0.05, 0) is 0 Å². The quantitative estimate of drug-likeness (QED) is 0.684. The molecule has 0 N–H and O–H groups in total. The van der Waals surface area contributed by atoms with Crippen molar-refractivity contribution < 1.29 is 35.9 Å². The molecule has 0 fully saturated rings. The molecule has 0 atom stereocenters. The summed E-state index contributed by atoms with van der Waals surface area (Å²) in [6, 6.07) is 0. The zero-order valence-electron chi connectivity index (χ0n) is 12.5. The van der Waals surface area contributed by atoms with Gasteiger partial charge < -0.3 is 0 Å². The van der Waals surface area contributed by atoms with Crippen molar-refractivity contribution in [2.45, 2.75) is 79.8 Å². The molecule has 0 amide bonds. The molecule has 0 aliphatic rings. The molecule has 4 nitrogen and oxygen atoms in total. The summed E-state index contributed by atoms with van der Waals surface area (Å²) in [4.78, 5) is 0. The number of hydrogen-bond acceptors (Lipinski definition) is 4. The van der Waals surface area contributed by atoms with E-state index in [0.29, 0.717) is 0 Å². The van der Waals surface area contributed by atoms with E-state index in [-0.39, 0.29) is 24.4 Å². The Balaban J connectivity index is 4.89. The average molecular weight is 325 g/mol. The molecule has 0 bridgehead atoms. The third-order valence-corrected chi connectivity index (χ3v) is 10.4. The van der Waals surface area contributed by atoms with Crippen molar-refractivity contribution >= 4 is 0 Å². The van der Waals surface area contributed by atoms with Crippen LogP contribution in [0.3, 0.4) is 0 Å². The molecule has 17 heavy (non-hydrogen) atoms. The first kappa shape index (κ1) is 17.9. The first-order valence-corrected chi connectivity index (χ1v) is 11.1. The van der Waals surface area contributed by atoms with E-state index >= 15 is 0 Å². The van der Waals surface area contributed by atoms with Crippen molar-refractivity contribution in [2.24, 2.45) is 0 Å². The summed E-state index contributed by atoms with van der Waals surface area (Å²) in [6.07, 6.45) is 0.192. The molecule has 0 aliphatic carbocycles. The molecule has 103 valence electrons. The Bertz CT molecular complexity index is 159. The first-order chi connectivity index (χ1) is 7.67. The van der Waals surface area contributed by atoms with E-state index in [1.807, 2.05) is 55.4 Å². The Hall–Kier alpha value is 0.944. The Kier molecular flexibility index (Phi) is 8.64. The van der Waals surface area contributed by atoms with Crippen molar-refractivity contribution in [3.63, 3.8) is 0 Å². The van der Waals surface area contributed by atoms with Gasteiger partial charge >= 0.3 is 116 Å². The minimum absolute atomic E-state index is 0.0480. The van der Waals surface area contributed by atoms with Gasteiger partial charge in [-0.25, -0.2) is 0 Å². The predicted octanol–water partition coefficient (Wildman–Crippen LogP) is 3.50. The number of rotatable bonds is 8. The van der Waals surface area contributed by atoms with E-state index in [9.17, 15) is 0 Å².